The first-order chi connectivity index (χ1) is 13.3. The van der Waals surface area contributed by atoms with Crippen molar-refractivity contribution >= 4 is 17.5 Å². The number of hydrogen-bond donors (Lipinski definition) is 0. The summed E-state index contributed by atoms with van der Waals surface area (Å²) in [7, 11) is 0. The fraction of sp³-hybridized carbons (Fsp3) is 0.0476. The van der Waals surface area contributed by atoms with Crippen LogP contribution in [0.25, 0.3) is 16.9 Å². The van der Waals surface area contributed by atoms with Gasteiger partial charge in [0, 0.05) is 29.2 Å². The van der Waals surface area contributed by atoms with Crippen LogP contribution in [-0.4, -0.2) is 31.3 Å². The number of ketones is 1. The summed E-state index contributed by atoms with van der Waals surface area (Å²) in [4.78, 5) is 16.2. The highest BCUT2D eigenvalue weighted by atomic mass is 32.2. The van der Waals surface area contributed by atoms with E-state index in [9.17, 15) is 4.79 Å². The summed E-state index contributed by atoms with van der Waals surface area (Å²) in [5.74, 6) is 0.430. The Balaban J connectivity index is 1.41. The third-order valence-corrected chi connectivity index (χ3v) is 4.97. The zero-order valence-electron chi connectivity index (χ0n) is 14.4. The summed E-state index contributed by atoms with van der Waals surface area (Å²) in [5.41, 5.74) is 3.54. The molecule has 0 aliphatic rings. The monoisotopic (exact) mass is 372 g/mol. The predicted octanol–water partition coefficient (Wildman–Crippen LogP) is 4.30. The number of hydrogen-bond acceptors (Lipinski definition) is 5. The summed E-state index contributed by atoms with van der Waals surface area (Å²) in [6.07, 6.45) is 5.41. The topological polar surface area (TPSA) is 60.7 Å². The predicted molar refractivity (Wildman–Crippen MR) is 106 cm³/mol. The van der Waals surface area contributed by atoms with Gasteiger partial charge in [-0.25, -0.2) is 4.98 Å². The molecule has 5 nitrogen and oxygen atoms in total. The molecule has 0 radical (unpaired) electrons. The molecule has 0 spiro atoms. The zero-order chi connectivity index (χ0) is 18.5. The highest BCUT2D eigenvalue weighted by molar-refractivity contribution is 7.99. The van der Waals surface area contributed by atoms with E-state index in [4.69, 9.17) is 0 Å². The fourth-order valence-corrected chi connectivity index (χ4v) is 3.32. The van der Waals surface area contributed by atoms with Crippen LogP contribution < -0.4 is 0 Å². The summed E-state index contributed by atoms with van der Waals surface area (Å²) in [5, 5.41) is 9.26. The van der Waals surface area contributed by atoms with Crippen LogP contribution in [0.3, 0.4) is 0 Å². The van der Waals surface area contributed by atoms with Gasteiger partial charge in [0.05, 0.1) is 17.8 Å². The Hall–Kier alpha value is -3.25. The second-order valence-corrected chi connectivity index (χ2v) is 6.85. The number of imidazole rings is 1. The van der Waals surface area contributed by atoms with Crippen LogP contribution in [0.5, 0.6) is 0 Å². The van der Waals surface area contributed by atoms with Crippen LogP contribution in [0.1, 0.15) is 10.4 Å². The van der Waals surface area contributed by atoms with Crippen molar-refractivity contribution in [1.82, 2.24) is 19.7 Å². The fourth-order valence-electron chi connectivity index (χ4n) is 2.61. The van der Waals surface area contributed by atoms with Crippen LogP contribution in [0.15, 0.2) is 90.5 Å². The van der Waals surface area contributed by atoms with Gasteiger partial charge < -0.3 is 4.57 Å². The van der Waals surface area contributed by atoms with Gasteiger partial charge in [0.15, 0.2) is 5.78 Å². The van der Waals surface area contributed by atoms with E-state index in [1.165, 1.54) is 11.8 Å². The average molecular weight is 372 g/mol. The first-order valence-electron chi connectivity index (χ1n) is 8.43. The van der Waals surface area contributed by atoms with Gasteiger partial charge in [-0.05, 0) is 24.3 Å². The molecule has 0 saturated carbocycles. The highest BCUT2D eigenvalue weighted by Gasteiger charge is 2.08. The quantitative estimate of drug-likeness (QED) is 0.373. The smallest absolute Gasteiger partial charge is 0.173 e. The van der Waals surface area contributed by atoms with Gasteiger partial charge in [-0.3, -0.25) is 4.79 Å². The van der Waals surface area contributed by atoms with E-state index >= 15 is 0 Å². The number of nitrogens with zero attached hydrogens (tertiary/aromatic N) is 4. The molecule has 4 rings (SSSR count). The van der Waals surface area contributed by atoms with Gasteiger partial charge in [0.2, 0.25) is 0 Å². The molecule has 0 aliphatic carbocycles. The standard InChI is InChI=1S/C21H16N4OS/c26-20(17-4-2-1-3-5-17)14-27-21-11-10-19(23-24-21)16-6-8-18(9-7-16)25-13-12-22-15-25/h1-13,15H,14H2. The zero-order valence-corrected chi connectivity index (χ0v) is 15.2. The molecule has 0 N–H and O–H groups in total. The molecular weight excluding hydrogens is 356 g/mol. The number of Topliss-reactive ketones (excluding diaryl/α,β-unsaturated/α-hetero) is 1. The third-order valence-electron chi connectivity index (χ3n) is 4.05. The lowest BCUT2D eigenvalue weighted by Crippen LogP contribution is -2.02. The number of thioether (sulfide) groups is 1. The van der Waals surface area contributed by atoms with Crippen molar-refractivity contribution in [3.05, 3.63) is 91.0 Å². The molecule has 132 valence electrons. The second kappa shape index (κ2) is 7.97. The Kier molecular flexibility index (Phi) is 5.07. The number of carbonyl (C=O) groups excluding carboxylic acids is 1. The maximum absolute atomic E-state index is 12.2. The van der Waals surface area contributed by atoms with Crippen LogP contribution in [0, 0.1) is 0 Å². The van der Waals surface area contributed by atoms with E-state index in [2.05, 4.69) is 15.2 Å². The van der Waals surface area contributed by atoms with E-state index in [0.29, 0.717) is 11.3 Å². The van der Waals surface area contributed by atoms with Gasteiger partial charge in [-0.2, -0.15) is 0 Å². The number of benzene rings is 2. The minimum Gasteiger partial charge on any atom is -0.306 e. The van der Waals surface area contributed by atoms with E-state index < -0.39 is 0 Å². The van der Waals surface area contributed by atoms with E-state index in [1.807, 2.05) is 77.5 Å². The van der Waals surface area contributed by atoms with Gasteiger partial charge in [0.25, 0.3) is 0 Å². The molecule has 6 heteroatoms. The Morgan fingerprint density at radius 2 is 1.74 bits per heavy atom. The largest absolute Gasteiger partial charge is 0.306 e. The molecule has 27 heavy (non-hydrogen) atoms. The van der Waals surface area contributed by atoms with Gasteiger partial charge in [0.1, 0.15) is 5.03 Å². The van der Waals surface area contributed by atoms with Crippen molar-refractivity contribution in [2.45, 2.75) is 5.03 Å². The Labute approximate surface area is 161 Å². The lowest BCUT2D eigenvalue weighted by atomic mass is 10.1. The van der Waals surface area contributed by atoms with Crippen LogP contribution >= 0.6 is 11.8 Å². The van der Waals surface area contributed by atoms with Gasteiger partial charge in [-0.1, -0.05) is 54.2 Å². The van der Waals surface area contributed by atoms with Crippen molar-refractivity contribution in [3.8, 4) is 16.9 Å². The van der Waals surface area contributed by atoms with Gasteiger partial charge >= 0.3 is 0 Å². The molecular formula is C21H16N4OS. The second-order valence-electron chi connectivity index (χ2n) is 5.85. The van der Waals surface area contributed by atoms with E-state index in [-0.39, 0.29) is 5.78 Å². The van der Waals surface area contributed by atoms with Crippen LogP contribution in [0.2, 0.25) is 0 Å². The summed E-state index contributed by atoms with van der Waals surface area (Å²) < 4.78 is 1.94. The maximum atomic E-state index is 12.2. The van der Waals surface area contributed by atoms with Crippen molar-refractivity contribution in [2.75, 3.05) is 5.75 Å². The lowest BCUT2D eigenvalue weighted by Gasteiger charge is -2.05. The van der Waals surface area contributed by atoms with Crippen LogP contribution in [-0.2, 0) is 0 Å². The molecule has 2 heterocycles. The van der Waals surface area contributed by atoms with Crippen molar-refractivity contribution < 1.29 is 4.79 Å². The van der Waals surface area contributed by atoms with Crippen molar-refractivity contribution in [3.63, 3.8) is 0 Å². The molecule has 0 aliphatic heterocycles. The summed E-state index contributed by atoms with van der Waals surface area (Å²) >= 11 is 1.39. The molecule has 0 saturated heterocycles. The maximum Gasteiger partial charge on any atom is 0.173 e. The molecule has 0 atom stereocenters. The van der Waals surface area contributed by atoms with E-state index in [1.54, 1.807) is 12.5 Å². The van der Waals surface area contributed by atoms with Crippen LogP contribution in [0.4, 0.5) is 0 Å². The minimum atomic E-state index is 0.0848. The first kappa shape index (κ1) is 17.2. The van der Waals surface area contributed by atoms with E-state index in [0.717, 1.165) is 22.0 Å². The minimum absolute atomic E-state index is 0.0848. The lowest BCUT2D eigenvalue weighted by molar-refractivity contribution is 0.102. The number of aromatic nitrogens is 4. The summed E-state index contributed by atoms with van der Waals surface area (Å²) in [6.45, 7) is 0. The van der Waals surface area contributed by atoms with Crippen molar-refractivity contribution in [2.24, 2.45) is 0 Å². The molecule has 4 aromatic rings. The Bertz CT molecular complexity index is 1010. The Morgan fingerprint density at radius 1 is 0.926 bits per heavy atom. The molecule has 2 aromatic heterocycles. The first-order valence-corrected chi connectivity index (χ1v) is 9.42. The molecule has 0 fully saturated rings. The normalized spacial score (nSPS) is 10.7. The average Bonchev–Trinajstić information content (AvgIpc) is 3.28. The molecule has 0 unspecified atom stereocenters. The number of carbonyl (C=O) groups is 1. The number of rotatable bonds is 6. The van der Waals surface area contributed by atoms with Crippen molar-refractivity contribution in [1.29, 1.82) is 0 Å². The summed E-state index contributed by atoms with van der Waals surface area (Å²) in [6, 6.07) is 21.1. The molecule has 0 bridgehead atoms. The Morgan fingerprint density at radius 3 is 2.41 bits per heavy atom. The highest BCUT2D eigenvalue weighted by Crippen LogP contribution is 2.22. The third kappa shape index (κ3) is 4.12. The molecule has 2 aromatic carbocycles. The van der Waals surface area contributed by atoms with Gasteiger partial charge in [-0.15, -0.1) is 10.2 Å². The SMILES string of the molecule is O=C(CSc1ccc(-c2ccc(-n3ccnc3)cc2)nn1)c1ccccc1. The molecule has 0 amide bonds.